The van der Waals surface area contributed by atoms with Gasteiger partial charge in [-0.3, -0.25) is 4.99 Å². The van der Waals surface area contributed by atoms with Gasteiger partial charge in [0.25, 0.3) is 0 Å². The third-order valence-corrected chi connectivity index (χ3v) is 4.27. The van der Waals surface area contributed by atoms with E-state index in [2.05, 4.69) is 23.2 Å². The van der Waals surface area contributed by atoms with Crippen LogP contribution in [0.3, 0.4) is 0 Å². The van der Waals surface area contributed by atoms with E-state index in [9.17, 15) is 5.11 Å². The molecule has 0 bridgehead atoms. The van der Waals surface area contributed by atoms with Crippen molar-refractivity contribution in [2.45, 2.75) is 0 Å². The molecule has 0 heterocycles. The van der Waals surface area contributed by atoms with Crippen molar-refractivity contribution in [1.29, 1.82) is 0 Å². The zero-order chi connectivity index (χ0) is 17.1. The molecule has 4 aromatic rings. The Balaban J connectivity index is 1.81. The van der Waals surface area contributed by atoms with E-state index in [1.165, 1.54) is 0 Å². The number of aliphatic imine (C=N–C) groups is 1. The maximum atomic E-state index is 10.3. The molecular weight excluding hydrogens is 306 g/mol. The molecule has 4 rings (SSSR count). The van der Waals surface area contributed by atoms with Gasteiger partial charge in [0.15, 0.2) is 0 Å². The van der Waals surface area contributed by atoms with Gasteiger partial charge in [0.05, 0.1) is 5.69 Å². The summed E-state index contributed by atoms with van der Waals surface area (Å²) in [6.07, 6.45) is 1.75. The fourth-order valence-corrected chi connectivity index (χ4v) is 3.00. The molecule has 120 valence electrons. The third kappa shape index (κ3) is 3.02. The molecule has 0 aliphatic carbocycles. The molecule has 0 aromatic heterocycles. The Morgan fingerprint density at radius 3 is 2.28 bits per heavy atom. The van der Waals surface area contributed by atoms with Crippen molar-refractivity contribution in [3.8, 4) is 16.9 Å². The van der Waals surface area contributed by atoms with Crippen LogP contribution in [-0.2, 0) is 0 Å². The summed E-state index contributed by atoms with van der Waals surface area (Å²) in [5.41, 5.74) is 3.80. The highest BCUT2D eigenvalue weighted by atomic mass is 16.3. The van der Waals surface area contributed by atoms with E-state index in [1.807, 2.05) is 66.7 Å². The zero-order valence-electron chi connectivity index (χ0n) is 13.6. The van der Waals surface area contributed by atoms with Crippen LogP contribution in [0.15, 0.2) is 96.0 Å². The van der Waals surface area contributed by atoms with Gasteiger partial charge in [-0.05, 0) is 28.5 Å². The minimum absolute atomic E-state index is 0.236. The topological polar surface area (TPSA) is 32.6 Å². The molecule has 0 radical (unpaired) electrons. The van der Waals surface area contributed by atoms with Gasteiger partial charge in [0.2, 0.25) is 0 Å². The monoisotopic (exact) mass is 323 g/mol. The van der Waals surface area contributed by atoms with Crippen LogP contribution in [0.1, 0.15) is 5.56 Å². The SMILES string of the molecule is Oc1ccc2ccccc2c1C=Nc1ccccc1-c1ccccc1. The van der Waals surface area contributed by atoms with E-state index in [0.29, 0.717) is 0 Å². The number of hydrogen-bond donors (Lipinski definition) is 1. The quantitative estimate of drug-likeness (QED) is 0.463. The van der Waals surface area contributed by atoms with E-state index >= 15 is 0 Å². The summed E-state index contributed by atoms with van der Waals surface area (Å²) in [6, 6.07) is 29.8. The number of hydrogen-bond acceptors (Lipinski definition) is 2. The zero-order valence-corrected chi connectivity index (χ0v) is 13.6. The van der Waals surface area contributed by atoms with Crippen molar-refractivity contribution in [3.05, 3.63) is 96.6 Å². The van der Waals surface area contributed by atoms with Crippen molar-refractivity contribution in [2.24, 2.45) is 4.99 Å². The van der Waals surface area contributed by atoms with E-state index < -0.39 is 0 Å². The van der Waals surface area contributed by atoms with Gasteiger partial charge in [-0.15, -0.1) is 0 Å². The molecule has 25 heavy (non-hydrogen) atoms. The molecule has 0 aliphatic heterocycles. The first-order valence-corrected chi connectivity index (χ1v) is 8.22. The highest BCUT2D eigenvalue weighted by molar-refractivity contribution is 6.03. The van der Waals surface area contributed by atoms with Crippen LogP contribution < -0.4 is 0 Å². The minimum Gasteiger partial charge on any atom is -0.507 e. The molecular formula is C23H17NO. The average Bonchev–Trinajstić information content (AvgIpc) is 2.68. The molecule has 2 heteroatoms. The molecule has 0 aliphatic rings. The summed E-state index contributed by atoms with van der Waals surface area (Å²) >= 11 is 0. The number of benzene rings is 4. The summed E-state index contributed by atoms with van der Waals surface area (Å²) < 4.78 is 0. The number of phenolic OH excluding ortho intramolecular Hbond substituents is 1. The first kappa shape index (κ1) is 15.2. The molecule has 0 atom stereocenters. The van der Waals surface area contributed by atoms with Gasteiger partial charge in [-0.25, -0.2) is 0 Å². The predicted molar refractivity (Wildman–Crippen MR) is 105 cm³/mol. The van der Waals surface area contributed by atoms with Gasteiger partial charge in [0.1, 0.15) is 5.75 Å². The number of rotatable bonds is 3. The summed E-state index contributed by atoms with van der Waals surface area (Å²) in [5.74, 6) is 0.236. The summed E-state index contributed by atoms with van der Waals surface area (Å²) in [5, 5.41) is 12.4. The lowest BCUT2D eigenvalue weighted by Crippen LogP contribution is -1.86. The lowest BCUT2D eigenvalue weighted by atomic mass is 10.0. The fraction of sp³-hybridized carbons (Fsp3) is 0. The molecule has 4 aromatic carbocycles. The van der Waals surface area contributed by atoms with Crippen LogP contribution in [0, 0.1) is 0 Å². The van der Waals surface area contributed by atoms with Gasteiger partial charge < -0.3 is 5.11 Å². The van der Waals surface area contributed by atoms with E-state index in [4.69, 9.17) is 0 Å². The normalized spacial score (nSPS) is 11.2. The maximum Gasteiger partial charge on any atom is 0.124 e. The Hall–Kier alpha value is -3.39. The molecule has 0 fully saturated rings. The molecule has 1 N–H and O–H groups in total. The van der Waals surface area contributed by atoms with Crippen LogP contribution in [0.25, 0.3) is 21.9 Å². The third-order valence-electron chi connectivity index (χ3n) is 4.27. The van der Waals surface area contributed by atoms with Crippen molar-refractivity contribution in [1.82, 2.24) is 0 Å². The smallest absolute Gasteiger partial charge is 0.124 e. The van der Waals surface area contributed by atoms with Crippen molar-refractivity contribution < 1.29 is 5.11 Å². The van der Waals surface area contributed by atoms with Gasteiger partial charge >= 0.3 is 0 Å². The van der Waals surface area contributed by atoms with Gasteiger partial charge in [0, 0.05) is 17.3 Å². The standard InChI is InChI=1S/C23H17NO/c25-23-15-14-18-10-4-5-11-19(18)21(23)16-24-22-13-7-6-12-20(22)17-8-2-1-3-9-17/h1-16,25H. The van der Waals surface area contributed by atoms with E-state index in [1.54, 1.807) is 12.3 Å². The number of nitrogens with zero attached hydrogens (tertiary/aromatic N) is 1. The lowest BCUT2D eigenvalue weighted by Gasteiger charge is -2.07. The molecule has 0 amide bonds. The lowest BCUT2D eigenvalue weighted by molar-refractivity contribution is 0.475. The highest BCUT2D eigenvalue weighted by Crippen LogP contribution is 2.31. The molecule has 0 saturated heterocycles. The van der Waals surface area contributed by atoms with Crippen LogP contribution in [0.4, 0.5) is 5.69 Å². The summed E-state index contributed by atoms with van der Waals surface area (Å²) in [4.78, 5) is 4.68. The molecule has 2 nitrogen and oxygen atoms in total. The Bertz CT molecular complexity index is 1050. The van der Waals surface area contributed by atoms with Crippen molar-refractivity contribution >= 4 is 22.7 Å². The Morgan fingerprint density at radius 1 is 0.680 bits per heavy atom. The predicted octanol–water partition coefficient (Wildman–Crippen LogP) is 5.96. The van der Waals surface area contributed by atoms with Crippen LogP contribution in [0.2, 0.25) is 0 Å². The molecule has 0 unspecified atom stereocenters. The Labute approximate surface area is 146 Å². The largest absolute Gasteiger partial charge is 0.507 e. The van der Waals surface area contributed by atoms with Crippen molar-refractivity contribution in [3.63, 3.8) is 0 Å². The highest BCUT2D eigenvalue weighted by Gasteiger charge is 2.06. The molecule has 0 spiro atoms. The molecule has 0 saturated carbocycles. The first-order valence-electron chi connectivity index (χ1n) is 8.22. The number of aromatic hydroxyl groups is 1. The Kier molecular flexibility index (Phi) is 4.01. The maximum absolute atomic E-state index is 10.3. The summed E-state index contributed by atoms with van der Waals surface area (Å²) in [7, 11) is 0. The second-order valence-corrected chi connectivity index (χ2v) is 5.86. The van der Waals surface area contributed by atoms with Crippen LogP contribution in [0.5, 0.6) is 5.75 Å². The van der Waals surface area contributed by atoms with E-state index in [0.717, 1.165) is 33.2 Å². The number of para-hydroxylation sites is 1. The van der Waals surface area contributed by atoms with Crippen molar-refractivity contribution in [2.75, 3.05) is 0 Å². The number of fused-ring (bicyclic) bond motifs is 1. The fourth-order valence-electron chi connectivity index (χ4n) is 3.00. The summed E-state index contributed by atoms with van der Waals surface area (Å²) in [6.45, 7) is 0. The number of phenols is 1. The van der Waals surface area contributed by atoms with E-state index in [-0.39, 0.29) is 5.75 Å². The Morgan fingerprint density at radius 2 is 1.40 bits per heavy atom. The first-order chi connectivity index (χ1) is 12.3. The van der Waals surface area contributed by atoms with Crippen LogP contribution in [-0.4, -0.2) is 11.3 Å². The minimum atomic E-state index is 0.236. The van der Waals surface area contributed by atoms with Gasteiger partial charge in [-0.1, -0.05) is 78.9 Å². The second kappa shape index (κ2) is 6.62. The second-order valence-electron chi connectivity index (χ2n) is 5.86. The van der Waals surface area contributed by atoms with Crippen LogP contribution >= 0.6 is 0 Å². The average molecular weight is 323 g/mol. The van der Waals surface area contributed by atoms with Gasteiger partial charge in [-0.2, -0.15) is 0 Å².